The Morgan fingerprint density at radius 1 is 1.12 bits per heavy atom. The summed E-state index contributed by atoms with van der Waals surface area (Å²) in [6.45, 7) is 0. The lowest BCUT2D eigenvalue weighted by atomic mass is 10.2. The van der Waals surface area contributed by atoms with Crippen LogP contribution in [0.2, 0.25) is 0 Å². The van der Waals surface area contributed by atoms with E-state index < -0.39 is 0 Å². The van der Waals surface area contributed by atoms with Crippen molar-refractivity contribution in [2.24, 2.45) is 4.99 Å². The molecule has 4 heteroatoms. The fourth-order valence-electron chi connectivity index (χ4n) is 1.29. The number of hydrogen-bond acceptors (Lipinski definition) is 2. The highest BCUT2D eigenvalue weighted by atomic mass is 79.9. The van der Waals surface area contributed by atoms with E-state index in [9.17, 15) is 4.39 Å². The molecule has 0 unspecified atom stereocenters. The molecule has 0 saturated carbocycles. The van der Waals surface area contributed by atoms with Gasteiger partial charge in [-0.15, -0.1) is 0 Å². The lowest BCUT2D eigenvalue weighted by Gasteiger charge is -1.98. The molecule has 0 amide bonds. The van der Waals surface area contributed by atoms with Gasteiger partial charge in [-0.3, -0.25) is 4.99 Å². The van der Waals surface area contributed by atoms with E-state index in [2.05, 4.69) is 20.9 Å². The number of nitrogens with zero attached hydrogens (tertiary/aromatic N) is 1. The van der Waals surface area contributed by atoms with E-state index in [4.69, 9.17) is 5.11 Å². The van der Waals surface area contributed by atoms with Gasteiger partial charge in [0.15, 0.2) is 0 Å². The summed E-state index contributed by atoms with van der Waals surface area (Å²) in [7, 11) is 0. The zero-order valence-electron chi connectivity index (χ0n) is 8.77. The van der Waals surface area contributed by atoms with Gasteiger partial charge < -0.3 is 5.11 Å². The lowest BCUT2D eigenvalue weighted by Crippen LogP contribution is -1.80. The maximum atomic E-state index is 12.8. The van der Waals surface area contributed by atoms with Crippen molar-refractivity contribution in [2.45, 2.75) is 0 Å². The van der Waals surface area contributed by atoms with E-state index in [1.165, 1.54) is 12.1 Å². The molecule has 0 aromatic heterocycles. The van der Waals surface area contributed by atoms with Crippen LogP contribution in [0.4, 0.5) is 10.1 Å². The lowest BCUT2D eigenvalue weighted by molar-refractivity contribution is 0.475. The van der Waals surface area contributed by atoms with Crippen molar-refractivity contribution in [1.82, 2.24) is 0 Å². The summed E-state index contributed by atoms with van der Waals surface area (Å²) in [5.41, 5.74) is 1.51. The summed E-state index contributed by atoms with van der Waals surface area (Å²) >= 11 is 3.24. The molecule has 1 N–H and O–H groups in total. The minimum Gasteiger partial charge on any atom is -0.508 e. The summed E-state index contributed by atoms with van der Waals surface area (Å²) in [6, 6.07) is 11.0. The summed E-state index contributed by atoms with van der Waals surface area (Å²) in [4.78, 5) is 4.23. The van der Waals surface area contributed by atoms with Gasteiger partial charge in [0.25, 0.3) is 0 Å². The van der Waals surface area contributed by atoms with E-state index in [0.717, 1.165) is 5.56 Å². The second-order valence-corrected chi connectivity index (χ2v) is 4.30. The van der Waals surface area contributed by atoms with Gasteiger partial charge in [0.2, 0.25) is 0 Å². The van der Waals surface area contributed by atoms with Crippen LogP contribution in [0.25, 0.3) is 0 Å². The second kappa shape index (κ2) is 5.10. The van der Waals surface area contributed by atoms with Crippen LogP contribution in [-0.4, -0.2) is 11.3 Å². The van der Waals surface area contributed by atoms with E-state index >= 15 is 0 Å². The van der Waals surface area contributed by atoms with Crippen molar-refractivity contribution in [2.75, 3.05) is 0 Å². The topological polar surface area (TPSA) is 32.6 Å². The summed E-state index contributed by atoms with van der Waals surface area (Å²) < 4.78 is 13.4. The number of hydrogen-bond donors (Lipinski definition) is 1. The standard InChI is InChI=1S/C13H9BrFNO/c14-12-7-10(15)3-6-13(12)16-8-9-1-4-11(17)5-2-9/h1-8,17H/b16-8+. The Hall–Kier alpha value is -1.68. The van der Waals surface area contributed by atoms with E-state index in [1.54, 1.807) is 36.5 Å². The van der Waals surface area contributed by atoms with Gasteiger partial charge in [-0.1, -0.05) is 0 Å². The number of phenols is 1. The molecule has 2 nitrogen and oxygen atoms in total. The Morgan fingerprint density at radius 2 is 1.82 bits per heavy atom. The number of phenolic OH excluding ortho intramolecular Hbond substituents is 1. The third kappa shape index (κ3) is 3.14. The number of halogens is 2. The van der Waals surface area contributed by atoms with Crippen molar-refractivity contribution in [3.05, 3.63) is 58.3 Å². The molecule has 0 aliphatic carbocycles. The highest BCUT2D eigenvalue weighted by molar-refractivity contribution is 9.10. The van der Waals surface area contributed by atoms with Crippen LogP contribution in [0, 0.1) is 5.82 Å². The zero-order chi connectivity index (χ0) is 12.3. The van der Waals surface area contributed by atoms with Crippen LogP contribution < -0.4 is 0 Å². The number of rotatable bonds is 2. The molecule has 2 aromatic carbocycles. The van der Waals surface area contributed by atoms with Crippen LogP contribution in [0.3, 0.4) is 0 Å². The Labute approximate surface area is 107 Å². The molecule has 0 heterocycles. The Morgan fingerprint density at radius 3 is 2.47 bits per heavy atom. The predicted octanol–water partition coefficient (Wildman–Crippen LogP) is 4.04. The third-order valence-corrected chi connectivity index (χ3v) is 2.79. The maximum Gasteiger partial charge on any atom is 0.124 e. The third-order valence-electron chi connectivity index (χ3n) is 2.16. The second-order valence-electron chi connectivity index (χ2n) is 3.45. The molecule has 0 atom stereocenters. The Bertz CT molecular complexity index is 552. The first-order chi connectivity index (χ1) is 8.15. The smallest absolute Gasteiger partial charge is 0.124 e. The molecule has 0 bridgehead atoms. The molecule has 0 fully saturated rings. The highest BCUT2D eigenvalue weighted by Crippen LogP contribution is 2.25. The van der Waals surface area contributed by atoms with Gasteiger partial charge in [0.1, 0.15) is 11.6 Å². The van der Waals surface area contributed by atoms with Crippen molar-refractivity contribution in [3.63, 3.8) is 0 Å². The molecule has 86 valence electrons. The molecule has 0 radical (unpaired) electrons. The van der Waals surface area contributed by atoms with Crippen molar-refractivity contribution in [1.29, 1.82) is 0 Å². The van der Waals surface area contributed by atoms with Gasteiger partial charge in [0, 0.05) is 10.7 Å². The number of benzene rings is 2. The molecule has 0 spiro atoms. The van der Waals surface area contributed by atoms with Gasteiger partial charge in [-0.05, 0) is 64.0 Å². The first-order valence-electron chi connectivity index (χ1n) is 4.93. The molecule has 0 aliphatic heterocycles. The fraction of sp³-hybridized carbons (Fsp3) is 0. The summed E-state index contributed by atoms with van der Waals surface area (Å²) in [6.07, 6.45) is 1.65. The molecule has 17 heavy (non-hydrogen) atoms. The zero-order valence-corrected chi connectivity index (χ0v) is 10.4. The predicted molar refractivity (Wildman–Crippen MR) is 69.5 cm³/mol. The molecule has 0 aliphatic rings. The Kier molecular flexibility index (Phi) is 3.54. The van der Waals surface area contributed by atoms with Gasteiger partial charge in [-0.25, -0.2) is 4.39 Å². The van der Waals surface area contributed by atoms with Crippen LogP contribution in [0.5, 0.6) is 5.75 Å². The van der Waals surface area contributed by atoms with Gasteiger partial charge in [-0.2, -0.15) is 0 Å². The first kappa shape index (κ1) is 11.8. The normalized spacial score (nSPS) is 10.9. The summed E-state index contributed by atoms with van der Waals surface area (Å²) in [5.74, 6) is -0.0921. The van der Waals surface area contributed by atoms with Crippen molar-refractivity contribution in [3.8, 4) is 5.75 Å². The maximum absolute atomic E-state index is 12.8. The SMILES string of the molecule is Oc1ccc(/C=N/c2ccc(F)cc2Br)cc1. The minimum atomic E-state index is -0.305. The molecule has 2 rings (SSSR count). The molecule has 0 saturated heterocycles. The quantitative estimate of drug-likeness (QED) is 0.833. The molecule has 2 aromatic rings. The van der Waals surface area contributed by atoms with Gasteiger partial charge >= 0.3 is 0 Å². The minimum absolute atomic E-state index is 0.213. The monoisotopic (exact) mass is 293 g/mol. The van der Waals surface area contributed by atoms with Crippen LogP contribution in [0.1, 0.15) is 5.56 Å². The molecular formula is C13H9BrFNO. The fourth-order valence-corrected chi connectivity index (χ4v) is 1.74. The average Bonchev–Trinajstić information content (AvgIpc) is 2.30. The molecular weight excluding hydrogens is 285 g/mol. The summed E-state index contributed by atoms with van der Waals surface area (Å²) in [5, 5.41) is 9.12. The van der Waals surface area contributed by atoms with Crippen molar-refractivity contribution < 1.29 is 9.50 Å². The first-order valence-corrected chi connectivity index (χ1v) is 5.72. The number of aliphatic imine (C=N–C) groups is 1. The number of aromatic hydroxyl groups is 1. The van der Waals surface area contributed by atoms with Crippen LogP contribution in [-0.2, 0) is 0 Å². The van der Waals surface area contributed by atoms with Crippen LogP contribution in [0.15, 0.2) is 51.9 Å². The Balaban J connectivity index is 2.23. The van der Waals surface area contributed by atoms with Crippen molar-refractivity contribution >= 4 is 27.8 Å². The van der Waals surface area contributed by atoms with Crippen LogP contribution >= 0.6 is 15.9 Å². The van der Waals surface area contributed by atoms with Gasteiger partial charge in [0.05, 0.1) is 5.69 Å². The van der Waals surface area contributed by atoms with E-state index in [-0.39, 0.29) is 11.6 Å². The largest absolute Gasteiger partial charge is 0.508 e. The average molecular weight is 294 g/mol. The highest BCUT2D eigenvalue weighted by Gasteiger charge is 1.98. The van der Waals surface area contributed by atoms with E-state index in [1.807, 2.05) is 0 Å². The van der Waals surface area contributed by atoms with E-state index in [0.29, 0.717) is 10.2 Å².